The van der Waals surface area contributed by atoms with Gasteiger partial charge in [0.15, 0.2) is 3.79 Å². The minimum atomic E-state index is -1.09. The summed E-state index contributed by atoms with van der Waals surface area (Å²) in [5.74, 6) is 0. The molecule has 0 spiro atoms. The monoisotopic (exact) mass is 246 g/mol. The maximum atomic E-state index is 8.97. The quantitative estimate of drug-likeness (QED) is 0.554. The fourth-order valence-corrected chi connectivity index (χ4v) is 1.52. The molecule has 0 aromatic rings. The minimum absolute atomic E-state index is 0.187. The summed E-state index contributed by atoms with van der Waals surface area (Å²) >= 11 is 16.8. The van der Waals surface area contributed by atoms with Gasteiger partial charge in [0.25, 0.3) is 0 Å². The summed E-state index contributed by atoms with van der Waals surface area (Å²) in [6.45, 7) is 1.81. The Morgan fingerprint density at radius 2 is 1.62 bits per heavy atom. The molecule has 0 radical (unpaired) electrons. The maximum absolute atomic E-state index is 8.97. The molecule has 1 nitrogen and oxygen atoms in total. The molecule has 0 aliphatic heterocycles. The van der Waals surface area contributed by atoms with Crippen LogP contribution < -0.4 is 0 Å². The molecule has 0 bridgehead atoms. The van der Waals surface area contributed by atoms with Crippen molar-refractivity contribution in [3.63, 3.8) is 0 Å². The van der Waals surface area contributed by atoms with E-state index < -0.39 is 3.79 Å². The number of aliphatic hydroxyl groups is 1. The second-order valence-corrected chi connectivity index (χ2v) is 5.93. The van der Waals surface area contributed by atoms with Crippen molar-refractivity contribution in [3.05, 3.63) is 0 Å². The summed E-state index contributed by atoms with van der Waals surface area (Å²) in [5, 5.41) is 8.97. The molecule has 0 fully saturated rings. The van der Waals surface area contributed by atoms with Crippen molar-refractivity contribution >= 4 is 34.8 Å². The first-order valence-corrected chi connectivity index (χ1v) is 5.80. The summed E-state index contributed by atoms with van der Waals surface area (Å²) in [6.07, 6.45) is 5.47. The largest absolute Gasteiger partial charge is 0.393 e. The van der Waals surface area contributed by atoms with Crippen LogP contribution in [0.1, 0.15) is 45.4 Å². The first-order valence-electron chi connectivity index (χ1n) is 4.66. The molecule has 0 saturated carbocycles. The zero-order valence-electron chi connectivity index (χ0n) is 7.90. The van der Waals surface area contributed by atoms with E-state index in [0.717, 1.165) is 32.1 Å². The number of rotatable bonds is 6. The van der Waals surface area contributed by atoms with E-state index in [2.05, 4.69) is 0 Å². The normalized spacial score (nSPS) is 14.5. The van der Waals surface area contributed by atoms with Crippen LogP contribution in [0, 0.1) is 0 Å². The van der Waals surface area contributed by atoms with Gasteiger partial charge in [-0.3, -0.25) is 0 Å². The molecule has 4 heteroatoms. The molecule has 0 aromatic heterocycles. The number of unbranched alkanes of at least 4 members (excludes halogenated alkanes) is 3. The molecular formula is C9H17Cl3O. The minimum Gasteiger partial charge on any atom is -0.393 e. The van der Waals surface area contributed by atoms with Gasteiger partial charge < -0.3 is 5.11 Å². The van der Waals surface area contributed by atoms with Crippen LogP contribution in [0.4, 0.5) is 0 Å². The molecule has 80 valence electrons. The van der Waals surface area contributed by atoms with Crippen LogP contribution in [0.25, 0.3) is 0 Å². The Balaban J connectivity index is 3.09. The van der Waals surface area contributed by atoms with Gasteiger partial charge in [0.1, 0.15) is 0 Å². The predicted octanol–water partition coefficient (Wildman–Crippen LogP) is 4.08. The molecule has 1 N–H and O–H groups in total. The molecule has 1 unspecified atom stereocenters. The van der Waals surface area contributed by atoms with E-state index in [1.54, 1.807) is 6.92 Å². The fourth-order valence-electron chi connectivity index (χ4n) is 1.12. The van der Waals surface area contributed by atoms with Crippen molar-refractivity contribution in [1.29, 1.82) is 0 Å². The lowest BCUT2D eigenvalue weighted by Crippen LogP contribution is -2.01. The van der Waals surface area contributed by atoms with E-state index in [-0.39, 0.29) is 6.10 Å². The second kappa shape index (κ2) is 7.17. The molecule has 1 atom stereocenters. The highest BCUT2D eigenvalue weighted by Crippen LogP contribution is 2.32. The van der Waals surface area contributed by atoms with Gasteiger partial charge in [-0.15, -0.1) is 0 Å². The molecular weight excluding hydrogens is 230 g/mol. The average molecular weight is 248 g/mol. The molecule has 13 heavy (non-hydrogen) atoms. The van der Waals surface area contributed by atoms with Crippen LogP contribution in [0.2, 0.25) is 0 Å². The molecule has 0 aliphatic carbocycles. The van der Waals surface area contributed by atoms with Crippen LogP contribution in [0.3, 0.4) is 0 Å². The van der Waals surface area contributed by atoms with Crippen LogP contribution in [-0.4, -0.2) is 15.0 Å². The van der Waals surface area contributed by atoms with Crippen LogP contribution in [0.15, 0.2) is 0 Å². The molecule has 0 heterocycles. The predicted molar refractivity (Wildman–Crippen MR) is 59.7 cm³/mol. The molecule has 0 rings (SSSR count). The molecule has 0 aromatic carbocycles. The second-order valence-electron chi connectivity index (χ2n) is 3.42. The number of alkyl halides is 3. The van der Waals surface area contributed by atoms with Crippen molar-refractivity contribution in [2.24, 2.45) is 0 Å². The van der Waals surface area contributed by atoms with E-state index in [0.29, 0.717) is 6.42 Å². The zero-order valence-corrected chi connectivity index (χ0v) is 10.2. The lowest BCUT2D eigenvalue weighted by Gasteiger charge is -2.09. The van der Waals surface area contributed by atoms with Crippen LogP contribution in [-0.2, 0) is 0 Å². The highest BCUT2D eigenvalue weighted by atomic mass is 35.6. The van der Waals surface area contributed by atoms with Gasteiger partial charge in [0.05, 0.1) is 6.10 Å². The van der Waals surface area contributed by atoms with Gasteiger partial charge in [-0.25, -0.2) is 0 Å². The van der Waals surface area contributed by atoms with E-state index in [9.17, 15) is 0 Å². The average Bonchev–Trinajstić information content (AvgIpc) is 1.93. The number of hydrogen-bond acceptors (Lipinski definition) is 1. The van der Waals surface area contributed by atoms with Gasteiger partial charge in [-0.05, 0) is 26.2 Å². The number of halogens is 3. The number of hydrogen-bond donors (Lipinski definition) is 1. The summed E-state index contributed by atoms with van der Waals surface area (Å²) in [4.78, 5) is 0. The Bertz CT molecular complexity index is 121. The third-order valence-electron chi connectivity index (χ3n) is 1.83. The van der Waals surface area contributed by atoms with Crippen molar-refractivity contribution in [1.82, 2.24) is 0 Å². The lowest BCUT2D eigenvalue weighted by molar-refractivity contribution is 0.180. The summed E-state index contributed by atoms with van der Waals surface area (Å²) < 4.78 is -1.09. The van der Waals surface area contributed by atoms with Gasteiger partial charge in [0, 0.05) is 0 Å². The Morgan fingerprint density at radius 3 is 2.08 bits per heavy atom. The first kappa shape index (κ1) is 13.8. The highest BCUT2D eigenvalue weighted by molar-refractivity contribution is 6.67. The standard InChI is InChI=1S/C9H17Cl3O/c1-8(13)6-4-2-3-5-7-9(10,11)12/h8,13H,2-7H2,1H3. The van der Waals surface area contributed by atoms with Crippen molar-refractivity contribution in [3.8, 4) is 0 Å². The fraction of sp³-hybridized carbons (Fsp3) is 1.00. The van der Waals surface area contributed by atoms with Gasteiger partial charge >= 0.3 is 0 Å². The van der Waals surface area contributed by atoms with Gasteiger partial charge in [-0.1, -0.05) is 54.1 Å². The molecule has 0 aliphatic rings. The Kier molecular flexibility index (Phi) is 7.62. The van der Waals surface area contributed by atoms with E-state index in [1.807, 2.05) is 0 Å². The first-order chi connectivity index (χ1) is 5.92. The van der Waals surface area contributed by atoms with E-state index in [4.69, 9.17) is 39.9 Å². The molecule has 0 amide bonds. The lowest BCUT2D eigenvalue weighted by atomic mass is 10.1. The van der Waals surface area contributed by atoms with Gasteiger partial charge in [-0.2, -0.15) is 0 Å². The van der Waals surface area contributed by atoms with Gasteiger partial charge in [0.2, 0.25) is 0 Å². The Labute approximate surface area is 95.4 Å². The van der Waals surface area contributed by atoms with E-state index in [1.165, 1.54) is 0 Å². The zero-order chi connectivity index (χ0) is 10.3. The third kappa shape index (κ3) is 12.8. The number of aliphatic hydroxyl groups excluding tert-OH is 1. The summed E-state index contributed by atoms with van der Waals surface area (Å²) in [6, 6.07) is 0. The van der Waals surface area contributed by atoms with Crippen molar-refractivity contribution in [2.45, 2.75) is 55.3 Å². The SMILES string of the molecule is CC(O)CCCCCCC(Cl)(Cl)Cl. The van der Waals surface area contributed by atoms with Crippen molar-refractivity contribution in [2.75, 3.05) is 0 Å². The van der Waals surface area contributed by atoms with Crippen molar-refractivity contribution < 1.29 is 5.11 Å². The third-order valence-corrected chi connectivity index (χ3v) is 2.40. The highest BCUT2D eigenvalue weighted by Gasteiger charge is 2.17. The molecule has 0 saturated heterocycles. The Hall–Kier alpha value is 0.830. The van der Waals surface area contributed by atoms with Crippen LogP contribution >= 0.6 is 34.8 Å². The van der Waals surface area contributed by atoms with E-state index >= 15 is 0 Å². The Morgan fingerprint density at radius 1 is 1.08 bits per heavy atom. The maximum Gasteiger partial charge on any atom is 0.190 e. The summed E-state index contributed by atoms with van der Waals surface area (Å²) in [5.41, 5.74) is 0. The topological polar surface area (TPSA) is 20.2 Å². The van der Waals surface area contributed by atoms with Crippen LogP contribution in [0.5, 0.6) is 0 Å². The summed E-state index contributed by atoms with van der Waals surface area (Å²) in [7, 11) is 0. The smallest absolute Gasteiger partial charge is 0.190 e.